The standard InChI is InChI=1S/C14H11NO5S/c1-2-15-13(16)10-5-3-4-8-6-9(21(18,19)20)7-11(12(8)10)14(15)17/h3-7H,2H2,1H3,(H,18,19,20). The summed E-state index contributed by atoms with van der Waals surface area (Å²) >= 11 is 0. The second-order valence-electron chi connectivity index (χ2n) is 4.70. The summed E-state index contributed by atoms with van der Waals surface area (Å²) < 4.78 is 31.9. The number of hydrogen-bond acceptors (Lipinski definition) is 4. The molecule has 21 heavy (non-hydrogen) atoms. The van der Waals surface area contributed by atoms with Crippen LogP contribution in [0, 0.1) is 0 Å². The Morgan fingerprint density at radius 2 is 1.76 bits per heavy atom. The summed E-state index contributed by atoms with van der Waals surface area (Å²) in [5.74, 6) is -0.961. The smallest absolute Gasteiger partial charge is 0.282 e. The van der Waals surface area contributed by atoms with Crippen LogP contribution in [0.3, 0.4) is 0 Å². The van der Waals surface area contributed by atoms with Gasteiger partial charge >= 0.3 is 0 Å². The highest BCUT2D eigenvalue weighted by Crippen LogP contribution is 2.32. The van der Waals surface area contributed by atoms with E-state index in [2.05, 4.69) is 0 Å². The quantitative estimate of drug-likeness (QED) is 0.673. The Bertz CT molecular complexity index is 901. The van der Waals surface area contributed by atoms with Gasteiger partial charge in [-0.2, -0.15) is 8.42 Å². The van der Waals surface area contributed by atoms with Gasteiger partial charge in [0.2, 0.25) is 0 Å². The van der Waals surface area contributed by atoms with Crippen molar-refractivity contribution in [3.63, 3.8) is 0 Å². The largest absolute Gasteiger partial charge is 0.294 e. The molecule has 6 nitrogen and oxygen atoms in total. The summed E-state index contributed by atoms with van der Waals surface area (Å²) in [5, 5.41) is 0.847. The van der Waals surface area contributed by atoms with Gasteiger partial charge in [-0.3, -0.25) is 19.0 Å². The molecule has 108 valence electrons. The average molecular weight is 305 g/mol. The van der Waals surface area contributed by atoms with Crippen molar-refractivity contribution >= 4 is 32.7 Å². The Morgan fingerprint density at radius 1 is 1.10 bits per heavy atom. The maximum Gasteiger partial charge on any atom is 0.294 e. The molecule has 0 bridgehead atoms. The minimum Gasteiger partial charge on any atom is -0.282 e. The van der Waals surface area contributed by atoms with Crippen LogP contribution in [-0.4, -0.2) is 36.2 Å². The molecule has 1 heterocycles. The average Bonchev–Trinajstić information content (AvgIpc) is 2.43. The van der Waals surface area contributed by atoms with Crippen molar-refractivity contribution in [1.29, 1.82) is 0 Å². The molecule has 0 saturated carbocycles. The SMILES string of the molecule is CCN1C(=O)c2cccc3cc(S(=O)(=O)O)cc(c23)C1=O. The van der Waals surface area contributed by atoms with Crippen molar-refractivity contribution in [2.45, 2.75) is 11.8 Å². The molecule has 0 aromatic heterocycles. The molecule has 0 saturated heterocycles. The van der Waals surface area contributed by atoms with Crippen LogP contribution in [0.25, 0.3) is 10.8 Å². The fraction of sp³-hybridized carbons (Fsp3) is 0.143. The van der Waals surface area contributed by atoms with Gasteiger partial charge in [0.25, 0.3) is 21.9 Å². The van der Waals surface area contributed by atoms with Gasteiger partial charge in [-0.05, 0) is 30.5 Å². The molecule has 0 spiro atoms. The van der Waals surface area contributed by atoms with E-state index in [9.17, 15) is 22.6 Å². The first-order valence-corrected chi connectivity index (χ1v) is 7.69. The van der Waals surface area contributed by atoms with E-state index in [1.807, 2.05) is 0 Å². The topological polar surface area (TPSA) is 91.8 Å². The fourth-order valence-electron chi connectivity index (χ4n) is 2.57. The molecule has 0 unspecified atom stereocenters. The van der Waals surface area contributed by atoms with Crippen LogP contribution in [0.15, 0.2) is 35.2 Å². The highest BCUT2D eigenvalue weighted by Gasteiger charge is 2.32. The van der Waals surface area contributed by atoms with Crippen LogP contribution in [-0.2, 0) is 10.1 Å². The Labute approximate surface area is 120 Å². The van der Waals surface area contributed by atoms with E-state index in [-0.39, 0.29) is 17.0 Å². The molecular weight excluding hydrogens is 294 g/mol. The minimum absolute atomic E-state index is 0.108. The first kappa shape index (κ1) is 13.7. The molecule has 1 aliphatic heterocycles. The number of nitrogens with zero attached hydrogens (tertiary/aromatic N) is 1. The molecule has 0 radical (unpaired) electrons. The number of amides is 2. The highest BCUT2D eigenvalue weighted by atomic mass is 32.2. The zero-order chi connectivity index (χ0) is 15.4. The molecule has 3 rings (SSSR count). The summed E-state index contributed by atoms with van der Waals surface area (Å²) in [6.45, 7) is 1.84. The van der Waals surface area contributed by atoms with Gasteiger partial charge in [-0.25, -0.2) is 0 Å². The molecule has 1 aliphatic rings. The van der Waals surface area contributed by atoms with Crippen LogP contribution < -0.4 is 0 Å². The number of carbonyl (C=O) groups is 2. The predicted molar refractivity (Wildman–Crippen MR) is 74.8 cm³/mol. The highest BCUT2D eigenvalue weighted by molar-refractivity contribution is 7.85. The predicted octanol–water partition coefficient (Wildman–Crippen LogP) is 1.70. The van der Waals surface area contributed by atoms with Gasteiger partial charge in [0.1, 0.15) is 0 Å². The molecule has 0 aliphatic carbocycles. The number of carbonyl (C=O) groups excluding carboxylic acids is 2. The van der Waals surface area contributed by atoms with E-state index in [0.29, 0.717) is 16.3 Å². The van der Waals surface area contributed by atoms with Gasteiger partial charge in [0.15, 0.2) is 0 Å². The lowest BCUT2D eigenvalue weighted by molar-refractivity contribution is 0.0619. The van der Waals surface area contributed by atoms with Crippen molar-refractivity contribution in [3.05, 3.63) is 41.5 Å². The summed E-state index contributed by atoms with van der Waals surface area (Å²) in [7, 11) is -4.43. The lowest BCUT2D eigenvalue weighted by atomic mass is 9.94. The summed E-state index contributed by atoms with van der Waals surface area (Å²) in [5.41, 5.74) is 0.461. The Hall–Kier alpha value is -2.25. The molecule has 7 heteroatoms. The normalized spacial score (nSPS) is 14.9. The third-order valence-corrected chi connectivity index (χ3v) is 4.35. The van der Waals surface area contributed by atoms with Gasteiger partial charge < -0.3 is 0 Å². The lowest BCUT2D eigenvalue weighted by Crippen LogP contribution is -2.40. The molecule has 2 aromatic rings. The third kappa shape index (κ3) is 1.93. The third-order valence-electron chi connectivity index (χ3n) is 3.52. The van der Waals surface area contributed by atoms with Crippen molar-refractivity contribution in [2.75, 3.05) is 6.54 Å². The van der Waals surface area contributed by atoms with Crippen molar-refractivity contribution in [2.24, 2.45) is 0 Å². The molecule has 1 N–H and O–H groups in total. The Morgan fingerprint density at radius 3 is 2.38 bits per heavy atom. The van der Waals surface area contributed by atoms with E-state index in [0.717, 1.165) is 11.0 Å². The van der Waals surface area contributed by atoms with E-state index in [1.165, 1.54) is 6.07 Å². The number of imide groups is 1. The number of hydrogen-bond donors (Lipinski definition) is 1. The Balaban J connectivity index is 2.46. The maximum atomic E-state index is 12.4. The molecule has 0 atom stereocenters. The van der Waals surface area contributed by atoms with Crippen LogP contribution in [0.4, 0.5) is 0 Å². The van der Waals surface area contributed by atoms with Crippen LogP contribution >= 0.6 is 0 Å². The van der Waals surface area contributed by atoms with Crippen molar-refractivity contribution in [1.82, 2.24) is 4.90 Å². The second kappa shape index (κ2) is 4.37. The summed E-state index contributed by atoms with van der Waals surface area (Å²) in [4.78, 5) is 25.3. The van der Waals surface area contributed by atoms with E-state index >= 15 is 0 Å². The minimum atomic E-state index is -4.43. The van der Waals surface area contributed by atoms with Crippen LogP contribution in [0.2, 0.25) is 0 Å². The number of rotatable bonds is 2. The van der Waals surface area contributed by atoms with Gasteiger partial charge in [-0.15, -0.1) is 0 Å². The van der Waals surface area contributed by atoms with Crippen molar-refractivity contribution in [3.8, 4) is 0 Å². The van der Waals surface area contributed by atoms with E-state index < -0.39 is 21.9 Å². The lowest BCUT2D eigenvalue weighted by Gasteiger charge is -2.26. The molecule has 0 fully saturated rings. The Kier molecular flexibility index (Phi) is 2.86. The molecule has 2 amide bonds. The van der Waals surface area contributed by atoms with Gasteiger partial charge in [0, 0.05) is 17.5 Å². The van der Waals surface area contributed by atoms with Crippen molar-refractivity contribution < 1.29 is 22.6 Å². The summed E-state index contributed by atoms with van der Waals surface area (Å²) in [6, 6.07) is 7.16. The zero-order valence-corrected chi connectivity index (χ0v) is 11.8. The van der Waals surface area contributed by atoms with Crippen LogP contribution in [0.1, 0.15) is 27.6 Å². The molecular formula is C14H11NO5S. The first-order chi connectivity index (χ1) is 9.84. The van der Waals surface area contributed by atoms with E-state index in [4.69, 9.17) is 0 Å². The second-order valence-corrected chi connectivity index (χ2v) is 6.13. The van der Waals surface area contributed by atoms with Crippen LogP contribution in [0.5, 0.6) is 0 Å². The monoisotopic (exact) mass is 305 g/mol. The zero-order valence-electron chi connectivity index (χ0n) is 11.0. The molecule has 2 aromatic carbocycles. The first-order valence-electron chi connectivity index (χ1n) is 6.25. The van der Waals surface area contributed by atoms with Gasteiger partial charge in [-0.1, -0.05) is 12.1 Å². The summed E-state index contributed by atoms with van der Waals surface area (Å²) in [6.07, 6.45) is 0. The fourth-order valence-corrected chi connectivity index (χ4v) is 3.11. The maximum absolute atomic E-state index is 12.4. The van der Waals surface area contributed by atoms with Gasteiger partial charge in [0.05, 0.1) is 10.5 Å². The number of benzene rings is 2. The van der Waals surface area contributed by atoms with E-state index in [1.54, 1.807) is 25.1 Å².